The number of hydrogen-bond donors (Lipinski definition) is 1. The molecule has 16 heavy (non-hydrogen) atoms. The Morgan fingerprint density at radius 3 is 2.69 bits per heavy atom. The van der Waals surface area contributed by atoms with Crippen LogP contribution in [0.25, 0.3) is 10.8 Å². The Morgan fingerprint density at radius 1 is 1.12 bits per heavy atom. The van der Waals surface area contributed by atoms with E-state index in [0.717, 1.165) is 17.6 Å². The van der Waals surface area contributed by atoms with Gasteiger partial charge in [0.25, 0.3) is 0 Å². The molecule has 2 N–H and O–H groups in total. The maximum absolute atomic E-state index is 5.75. The summed E-state index contributed by atoms with van der Waals surface area (Å²) in [6, 6.07) is 14.5. The van der Waals surface area contributed by atoms with Crippen molar-refractivity contribution in [2.75, 3.05) is 6.61 Å². The van der Waals surface area contributed by atoms with Gasteiger partial charge in [0.2, 0.25) is 0 Å². The normalized spacial score (nSPS) is 12.6. The molecule has 0 spiro atoms. The van der Waals surface area contributed by atoms with Crippen LogP contribution in [0.3, 0.4) is 0 Å². The molecular weight excluding hydrogens is 198 g/mol. The molecule has 0 aliphatic heterocycles. The Hall–Kier alpha value is -1.54. The lowest BCUT2D eigenvalue weighted by Gasteiger charge is -2.10. The Bertz CT molecular complexity index is 460. The summed E-state index contributed by atoms with van der Waals surface area (Å²) in [5.74, 6) is 0.943. The van der Waals surface area contributed by atoms with E-state index in [0.29, 0.717) is 6.61 Å². The molecule has 2 rings (SSSR count). The van der Waals surface area contributed by atoms with Crippen LogP contribution in [0.1, 0.15) is 13.3 Å². The lowest BCUT2D eigenvalue weighted by Crippen LogP contribution is -2.18. The van der Waals surface area contributed by atoms with Gasteiger partial charge in [-0.15, -0.1) is 0 Å². The van der Waals surface area contributed by atoms with E-state index in [-0.39, 0.29) is 6.04 Å². The molecule has 0 heterocycles. The summed E-state index contributed by atoms with van der Waals surface area (Å²) in [5, 5.41) is 2.37. The summed E-state index contributed by atoms with van der Waals surface area (Å²) in [6.07, 6.45) is 0.878. The van der Waals surface area contributed by atoms with Gasteiger partial charge in [0.15, 0.2) is 0 Å². The van der Waals surface area contributed by atoms with Gasteiger partial charge >= 0.3 is 0 Å². The average molecular weight is 215 g/mol. The molecule has 0 aliphatic carbocycles. The Balaban J connectivity index is 2.17. The summed E-state index contributed by atoms with van der Waals surface area (Å²) < 4.78 is 5.75. The van der Waals surface area contributed by atoms with Gasteiger partial charge in [0.05, 0.1) is 6.61 Å². The number of ether oxygens (including phenoxy) is 1. The van der Waals surface area contributed by atoms with Crippen LogP contribution < -0.4 is 10.5 Å². The van der Waals surface area contributed by atoms with E-state index in [1.165, 1.54) is 5.39 Å². The van der Waals surface area contributed by atoms with E-state index in [2.05, 4.69) is 18.2 Å². The van der Waals surface area contributed by atoms with Crippen LogP contribution in [-0.4, -0.2) is 12.6 Å². The van der Waals surface area contributed by atoms with Gasteiger partial charge in [-0.05, 0) is 24.8 Å². The van der Waals surface area contributed by atoms with Crippen molar-refractivity contribution in [1.82, 2.24) is 0 Å². The second kappa shape index (κ2) is 4.99. The summed E-state index contributed by atoms with van der Waals surface area (Å²) in [6.45, 7) is 2.66. The van der Waals surface area contributed by atoms with Crippen LogP contribution in [0, 0.1) is 0 Å². The second-order valence-corrected chi connectivity index (χ2v) is 4.09. The van der Waals surface area contributed by atoms with E-state index in [4.69, 9.17) is 10.5 Å². The zero-order chi connectivity index (χ0) is 11.4. The highest BCUT2D eigenvalue weighted by Crippen LogP contribution is 2.25. The molecule has 84 valence electrons. The van der Waals surface area contributed by atoms with E-state index >= 15 is 0 Å². The molecule has 0 amide bonds. The molecule has 0 radical (unpaired) electrons. The quantitative estimate of drug-likeness (QED) is 0.851. The third-order valence-electron chi connectivity index (χ3n) is 2.58. The molecule has 0 aromatic heterocycles. The predicted octanol–water partition coefficient (Wildman–Crippen LogP) is 2.96. The summed E-state index contributed by atoms with van der Waals surface area (Å²) in [7, 11) is 0. The SMILES string of the molecule is CC(N)CCOc1cccc2ccccc12. The zero-order valence-corrected chi connectivity index (χ0v) is 9.52. The van der Waals surface area contributed by atoms with Crippen molar-refractivity contribution in [3.05, 3.63) is 42.5 Å². The fraction of sp³-hybridized carbons (Fsp3) is 0.286. The van der Waals surface area contributed by atoms with E-state index in [9.17, 15) is 0 Å². The number of nitrogens with two attached hydrogens (primary N) is 1. The maximum Gasteiger partial charge on any atom is 0.127 e. The Morgan fingerprint density at radius 2 is 1.88 bits per heavy atom. The molecule has 0 saturated carbocycles. The summed E-state index contributed by atoms with van der Waals surface area (Å²) >= 11 is 0. The van der Waals surface area contributed by atoms with Crippen LogP contribution in [-0.2, 0) is 0 Å². The molecule has 2 nitrogen and oxygen atoms in total. The first-order valence-corrected chi connectivity index (χ1v) is 5.63. The van der Waals surface area contributed by atoms with E-state index < -0.39 is 0 Å². The van der Waals surface area contributed by atoms with Gasteiger partial charge in [-0.3, -0.25) is 0 Å². The third-order valence-corrected chi connectivity index (χ3v) is 2.58. The molecule has 2 aromatic rings. The van der Waals surface area contributed by atoms with Crippen molar-refractivity contribution in [3.8, 4) is 5.75 Å². The molecule has 0 fully saturated rings. The van der Waals surface area contributed by atoms with Gasteiger partial charge in [-0.25, -0.2) is 0 Å². The van der Waals surface area contributed by atoms with Gasteiger partial charge in [0.1, 0.15) is 5.75 Å². The molecule has 0 bridgehead atoms. The van der Waals surface area contributed by atoms with Gasteiger partial charge in [-0.1, -0.05) is 36.4 Å². The predicted molar refractivity (Wildman–Crippen MR) is 67.7 cm³/mol. The minimum atomic E-state index is 0.190. The van der Waals surface area contributed by atoms with Crippen molar-refractivity contribution in [2.24, 2.45) is 5.73 Å². The maximum atomic E-state index is 5.75. The number of benzene rings is 2. The first-order valence-electron chi connectivity index (χ1n) is 5.63. The lowest BCUT2D eigenvalue weighted by molar-refractivity contribution is 0.304. The lowest BCUT2D eigenvalue weighted by atomic mass is 10.1. The Labute approximate surface area is 96.0 Å². The second-order valence-electron chi connectivity index (χ2n) is 4.09. The fourth-order valence-electron chi connectivity index (χ4n) is 1.68. The minimum Gasteiger partial charge on any atom is -0.493 e. The van der Waals surface area contributed by atoms with Crippen LogP contribution in [0.15, 0.2) is 42.5 Å². The average Bonchev–Trinajstić information content (AvgIpc) is 2.29. The first kappa shape index (κ1) is 11.0. The smallest absolute Gasteiger partial charge is 0.127 e. The van der Waals surface area contributed by atoms with Crippen molar-refractivity contribution >= 4 is 10.8 Å². The molecule has 0 saturated heterocycles. The van der Waals surface area contributed by atoms with Crippen LogP contribution in [0.5, 0.6) is 5.75 Å². The number of rotatable bonds is 4. The topological polar surface area (TPSA) is 35.2 Å². The fourth-order valence-corrected chi connectivity index (χ4v) is 1.68. The van der Waals surface area contributed by atoms with Crippen LogP contribution in [0.2, 0.25) is 0 Å². The van der Waals surface area contributed by atoms with Crippen molar-refractivity contribution in [3.63, 3.8) is 0 Å². The van der Waals surface area contributed by atoms with Gasteiger partial charge < -0.3 is 10.5 Å². The number of fused-ring (bicyclic) bond motifs is 1. The molecule has 2 aromatic carbocycles. The van der Waals surface area contributed by atoms with Crippen molar-refractivity contribution in [1.29, 1.82) is 0 Å². The monoisotopic (exact) mass is 215 g/mol. The van der Waals surface area contributed by atoms with Crippen LogP contribution >= 0.6 is 0 Å². The largest absolute Gasteiger partial charge is 0.493 e. The standard InChI is InChI=1S/C14H17NO/c1-11(15)9-10-16-14-8-4-6-12-5-2-3-7-13(12)14/h2-8,11H,9-10,15H2,1H3. The van der Waals surface area contributed by atoms with Crippen molar-refractivity contribution in [2.45, 2.75) is 19.4 Å². The molecular formula is C14H17NO. The van der Waals surface area contributed by atoms with Gasteiger partial charge in [-0.2, -0.15) is 0 Å². The minimum absolute atomic E-state index is 0.190. The highest BCUT2D eigenvalue weighted by molar-refractivity contribution is 5.88. The highest BCUT2D eigenvalue weighted by atomic mass is 16.5. The molecule has 0 aliphatic rings. The van der Waals surface area contributed by atoms with Crippen LogP contribution in [0.4, 0.5) is 0 Å². The van der Waals surface area contributed by atoms with E-state index in [1.807, 2.05) is 31.2 Å². The first-order chi connectivity index (χ1) is 7.77. The third kappa shape index (κ3) is 2.52. The van der Waals surface area contributed by atoms with Gasteiger partial charge in [0, 0.05) is 11.4 Å². The van der Waals surface area contributed by atoms with E-state index in [1.54, 1.807) is 0 Å². The molecule has 1 unspecified atom stereocenters. The summed E-state index contributed by atoms with van der Waals surface area (Å²) in [4.78, 5) is 0. The summed E-state index contributed by atoms with van der Waals surface area (Å²) in [5.41, 5.74) is 5.69. The number of hydrogen-bond acceptors (Lipinski definition) is 2. The van der Waals surface area contributed by atoms with Crippen molar-refractivity contribution < 1.29 is 4.74 Å². The Kier molecular flexibility index (Phi) is 3.42. The molecule has 2 heteroatoms. The zero-order valence-electron chi connectivity index (χ0n) is 9.52. The highest BCUT2D eigenvalue weighted by Gasteiger charge is 2.01. The molecule has 1 atom stereocenters.